The summed E-state index contributed by atoms with van der Waals surface area (Å²) in [5.41, 5.74) is 2.69. The monoisotopic (exact) mass is 203 g/mol. The van der Waals surface area contributed by atoms with E-state index in [1.54, 1.807) is 0 Å². The first-order chi connectivity index (χ1) is 7.20. The van der Waals surface area contributed by atoms with Crippen LogP contribution in [0.15, 0.2) is 12.1 Å². The molecular weight excluding hydrogens is 190 g/mol. The van der Waals surface area contributed by atoms with Crippen LogP contribution in [0.4, 0.5) is 0 Å². The van der Waals surface area contributed by atoms with Gasteiger partial charge in [0.2, 0.25) is 0 Å². The molecule has 1 saturated heterocycles. The molecule has 0 aromatic heterocycles. The fourth-order valence-electron chi connectivity index (χ4n) is 1.58. The van der Waals surface area contributed by atoms with Gasteiger partial charge in [-0.3, -0.25) is 0 Å². The number of nitriles is 1. The van der Waals surface area contributed by atoms with Crippen LogP contribution < -0.4 is 4.74 Å². The number of benzene rings is 1. The van der Waals surface area contributed by atoms with Crippen molar-refractivity contribution in [3.8, 4) is 11.8 Å². The molecule has 1 heterocycles. The highest BCUT2D eigenvalue weighted by atomic mass is 16.6. The minimum Gasteiger partial charge on any atom is -0.490 e. The van der Waals surface area contributed by atoms with Crippen molar-refractivity contribution in [2.24, 2.45) is 0 Å². The molecule has 1 aromatic rings. The van der Waals surface area contributed by atoms with Gasteiger partial charge in [0.05, 0.1) is 18.2 Å². The summed E-state index contributed by atoms with van der Waals surface area (Å²) in [6.45, 7) is 5.32. The second-order valence-corrected chi connectivity index (χ2v) is 3.82. The van der Waals surface area contributed by atoms with Gasteiger partial charge in [0, 0.05) is 0 Å². The summed E-state index contributed by atoms with van der Waals surface area (Å²) in [5, 5.41) is 8.79. The number of ether oxygens (including phenoxy) is 2. The number of epoxide rings is 1. The summed E-state index contributed by atoms with van der Waals surface area (Å²) in [7, 11) is 0. The fourth-order valence-corrected chi connectivity index (χ4v) is 1.58. The van der Waals surface area contributed by atoms with Gasteiger partial charge >= 0.3 is 0 Å². The molecule has 1 fully saturated rings. The number of nitrogens with zero attached hydrogens (tertiary/aromatic N) is 1. The third-order valence-corrected chi connectivity index (χ3v) is 2.41. The number of hydrogen-bond acceptors (Lipinski definition) is 3. The Balaban J connectivity index is 2.18. The first-order valence-corrected chi connectivity index (χ1v) is 4.96. The normalized spacial score (nSPS) is 18.3. The molecule has 0 N–H and O–H groups in total. The average Bonchev–Trinajstić information content (AvgIpc) is 3.00. The Bertz CT molecular complexity index is 393. The molecule has 3 heteroatoms. The first-order valence-electron chi connectivity index (χ1n) is 4.96. The molecule has 3 nitrogen and oxygen atoms in total. The second-order valence-electron chi connectivity index (χ2n) is 3.82. The van der Waals surface area contributed by atoms with E-state index in [4.69, 9.17) is 14.7 Å². The van der Waals surface area contributed by atoms with Crippen molar-refractivity contribution in [1.82, 2.24) is 0 Å². The lowest BCUT2D eigenvalue weighted by Gasteiger charge is -2.11. The summed E-state index contributed by atoms with van der Waals surface area (Å²) in [6, 6.07) is 5.82. The molecule has 0 aliphatic carbocycles. The third kappa shape index (κ3) is 2.28. The van der Waals surface area contributed by atoms with Crippen LogP contribution in [-0.2, 0) is 4.74 Å². The van der Waals surface area contributed by atoms with Crippen molar-refractivity contribution in [3.63, 3.8) is 0 Å². The summed E-state index contributed by atoms with van der Waals surface area (Å²) in [4.78, 5) is 0. The summed E-state index contributed by atoms with van der Waals surface area (Å²) in [5.74, 6) is 0.879. The van der Waals surface area contributed by atoms with E-state index in [2.05, 4.69) is 6.07 Å². The topological polar surface area (TPSA) is 45.5 Å². The highest BCUT2D eigenvalue weighted by Gasteiger charge is 2.23. The van der Waals surface area contributed by atoms with Gasteiger partial charge in [-0.05, 0) is 37.1 Å². The maximum absolute atomic E-state index is 8.79. The Morgan fingerprint density at radius 3 is 2.53 bits per heavy atom. The molecule has 15 heavy (non-hydrogen) atoms. The summed E-state index contributed by atoms with van der Waals surface area (Å²) in [6.07, 6.45) is 0.263. The largest absolute Gasteiger partial charge is 0.490 e. The molecule has 1 aliphatic heterocycles. The van der Waals surface area contributed by atoms with E-state index in [1.165, 1.54) is 0 Å². The van der Waals surface area contributed by atoms with Gasteiger partial charge in [-0.2, -0.15) is 5.26 Å². The van der Waals surface area contributed by atoms with Crippen LogP contribution in [0.25, 0.3) is 0 Å². The fraction of sp³-hybridized carbons (Fsp3) is 0.417. The van der Waals surface area contributed by atoms with E-state index >= 15 is 0 Å². The molecule has 1 unspecified atom stereocenters. The van der Waals surface area contributed by atoms with E-state index < -0.39 is 0 Å². The Morgan fingerprint density at radius 2 is 2.07 bits per heavy atom. The zero-order chi connectivity index (χ0) is 10.8. The lowest BCUT2D eigenvalue weighted by molar-refractivity contribution is 0.260. The Morgan fingerprint density at radius 1 is 1.47 bits per heavy atom. The van der Waals surface area contributed by atoms with Crippen LogP contribution in [0.3, 0.4) is 0 Å². The molecule has 78 valence electrons. The summed E-state index contributed by atoms with van der Waals surface area (Å²) >= 11 is 0. The summed E-state index contributed by atoms with van der Waals surface area (Å²) < 4.78 is 10.7. The van der Waals surface area contributed by atoms with Crippen LogP contribution >= 0.6 is 0 Å². The zero-order valence-electron chi connectivity index (χ0n) is 8.91. The average molecular weight is 203 g/mol. The van der Waals surface area contributed by atoms with Crippen LogP contribution in [-0.4, -0.2) is 19.3 Å². The van der Waals surface area contributed by atoms with Crippen molar-refractivity contribution in [3.05, 3.63) is 28.8 Å². The maximum atomic E-state index is 8.79. The van der Waals surface area contributed by atoms with Crippen LogP contribution in [0.2, 0.25) is 0 Å². The van der Waals surface area contributed by atoms with Gasteiger partial charge in [0.25, 0.3) is 0 Å². The van der Waals surface area contributed by atoms with E-state index in [-0.39, 0.29) is 6.10 Å². The smallest absolute Gasteiger partial charge is 0.125 e. The maximum Gasteiger partial charge on any atom is 0.125 e. The molecule has 0 bridgehead atoms. The number of aryl methyl sites for hydroxylation is 2. The van der Waals surface area contributed by atoms with Crippen molar-refractivity contribution in [2.45, 2.75) is 20.0 Å². The minimum absolute atomic E-state index is 0.263. The second kappa shape index (κ2) is 3.92. The van der Waals surface area contributed by atoms with Gasteiger partial charge < -0.3 is 9.47 Å². The van der Waals surface area contributed by atoms with Crippen molar-refractivity contribution < 1.29 is 9.47 Å². The predicted octanol–water partition coefficient (Wildman–Crippen LogP) is 1.95. The van der Waals surface area contributed by atoms with E-state index in [9.17, 15) is 0 Å². The standard InChI is InChI=1S/C12H13NO2/c1-8-3-10(5-13)4-9(2)12(8)15-7-11-6-14-11/h3-4,11H,6-7H2,1-2H3. The lowest BCUT2D eigenvalue weighted by Crippen LogP contribution is -2.06. The quantitative estimate of drug-likeness (QED) is 0.705. The molecule has 1 atom stereocenters. The Kier molecular flexibility index (Phi) is 2.61. The van der Waals surface area contributed by atoms with E-state index in [0.29, 0.717) is 12.2 Å². The third-order valence-electron chi connectivity index (χ3n) is 2.41. The number of hydrogen-bond donors (Lipinski definition) is 0. The first kappa shape index (κ1) is 10.0. The van der Waals surface area contributed by atoms with Gasteiger partial charge in [-0.15, -0.1) is 0 Å². The zero-order valence-corrected chi connectivity index (χ0v) is 8.91. The van der Waals surface area contributed by atoms with Crippen molar-refractivity contribution in [1.29, 1.82) is 5.26 Å². The highest BCUT2D eigenvalue weighted by molar-refractivity contribution is 5.47. The Labute approximate surface area is 89.2 Å². The van der Waals surface area contributed by atoms with Crippen molar-refractivity contribution >= 4 is 0 Å². The molecule has 0 amide bonds. The van der Waals surface area contributed by atoms with Gasteiger partial charge in [-0.25, -0.2) is 0 Å². The number of rotatable bonds is 3. The lowest BCUT2D eigenvalue weighted by atomic mass is 10.1. The molecule has 0 saturated carbocycles. The molecule has 0 spiro atoms. The van der Waals surface area contributed by atoms with E-state index in [1.807, 2.05) is 26.0 Å². The molecular formula is C12H13NO2. The molecule has 1 aliphatic rings. The minimum atomic E-state index is 0.263. The predicted molar refractivity (Wildman–Crippen MR) is 55.9 cm³/mol. The van der Waals surface area contributed by atoms with Gasteiger partial charge in [0.15, 0.2) is 0 Å². The van der Waals surface area contributed by atoms with Crippen LogP contribution in [0, 0.1) is 25.2 Å². The Hall–Kier alpha value is -1.53. The van der Waals surface area contributed by atoms with Crippen LogP contribution in [0.1, 0.15) is 16.7 Å². The molecule has 0 radical (unpaired) electrons. The van der Waals surface area contributed by atoms with Gasteiger partial charge in [0.1, 0.15) is 18.5 Å². The van der Waals surface area contributed by atoms with Crippen LogP contribution in [0.5, 0.6) is 5.75 Å². The highest BCUT2D eigenvalue weighted by Crippen LogP contribution is 2.25. The van der Waals surface area contributed by atoms with Gasteiger partial charge in [-0.1, -0.05) is 0 Å². The SMILES string of the molecule is Cc1cc(C#N)cc(C)c1OCC1CO1. The van der Waals surface area contributed by atoms with E-state index in [0.717, 1.165) is 23.5 Å². The molecule has 2 rings (SSSR count). The van der Waals surface area contributed by atoms with Crippen molar-refractivity contribution in [2.75, 3.05) is 13.2 Å². The molecule has 1 aromatic carbocycles.